The Labute approximate surface area is 242 Å². The van der Waals surface area contributed by atoms with Crippen LogP contribution in [0, 0.1) is 0 Å². The molecule has 2 rings (SSSR count). The quantitative estimate of drug-likeness (QED) is 0.154. The molecule has 0 radical (unpaired) electrons. The maximum atomic E-state index is 10.4. The topological polar surface area (TPSA) is 115 Å². The number of nitrogens with one attached hydrogen (secondary N) is 2. The van der Waals surface area contributed by atoms with E-state index in [9.17, 15) is 5.11 Å². The summed E-state index contributed by atoms with van der Waals surface area (Å²) in [6.45, 7) is 23.6. The van der Waals surface area contributed by atoms with Crippen LogP contribution in [0.15, 0.2) is 53.5 Å². The molecule has 0 spiro atoms. The number of hydrogen-bond donors (Lipinski definition) is 4. The molecule has 0 bridgehead atoms. The van der Waals surface area contributed by atoms with E-state index in [1.807, 2.05) is 66.9 Å². The van der Waals surface area contributed by atoms with Gasteiger partial charge in [-0.15, -0.1) is 0 Å². The number of alkyl halides is 1. The standard InChI is InChI=1S/C18H28BrN5O2.C3H8.C2H7N.2C2H6.CH2O/c1-4-23-7-9-24(10-8-23)16-6-5-14(19)11-15(12-16)22-17(25)13(2)21-18(20)26-3;2*1-3-2;3*1-2/h4-6,11-14,17,22,25H,1,7-10H2,2-3H3,(H2,20,21);3H2,1-2H3;3H,1-2H3;2*1-2H3;1H2. The summed E-state index contributed by atoms with van der Waals surface area (Å²) in [5.74, 6) is 0. The summed E-state index contributed by atoms with van der Waals surface area (Å²) < 4.78 is 4.84. The molecule has 1 heterocycles. The van der Waals surface area contributed by atoms with Gasteiger partial charge in [-0.2, -0.15) is 0 Å². The molecule has 0 saturated carbocycles. The Kier molecular flexibility index (Phi) is 34.8. The number of nitrogens with zero attached hydrogens (tertiary/aromatic N) is 3. The van der Waals surface area contributed by atoms with E-state index in [1.165, 1.54) is 13.5 Å². The first kappa shape index (κ1) is 42.8. The first-order valence-corrected chi connectivity index (χ1v) is 14.2. The number of aliphatic imine (C=N–C) groups is 1. The second-order valence-electron chi connectivity index (χ2n) is 7.41. The molecule has 10 heteroatoms. The predicted octanol–water partition coefficient (Wildman–Crippen LogP) is 4.23. The number of methoxy groups -OCH3 is 1. The number of ether oxygens (including phenoxy) is 1. The molecule has 1 saturated heterocycles. The van der Waals surface area contributed by atoms with Gasteiger partial charge >= 0.3 is 0 Å². The van der Waals surface area contributed by atoms with E-state index >= 15 is 0 Å². The third-order valence-electron chi connectivity index (χ3n) is 4.34. The van der Waals surface area contributed by atoms with Gasteiger partial charge in [-0.1, -0.05) is 76.5 Å². The number of halogens is 1. The summed E-state index contributed by atoms with van der Waals surface area (Å²) in [6, 6.07) is -0.404. The van der Waals surface area contributed by atoms with E-state index < -0.39 is 12.3 Å². The van der Waals surface area contributed by atoms with Crippen molar-refractivity contribution in [3.8, 4) is 0 Å². The van der Waals surface area contributed by atoms with Crippen molar-refractivity contribution in [2.24, 2.45) is 10.7 Å². The van der Waals surface area contributed by atoms with Gasteiger partial charge in [-0.05, 0) is 45.4 Å². The summed E-state index contributed by atoms with van der Waals surface area (Å²) >= 11 is 3.60. The Balaban J connectivity index is -0.000000416. The van der Waals surface area contributed by atoms with Crippen LogP contribution in [0.4, 0.5) is 0 Å². The lowest BCUT2D eigenvalue weighted by Gasteiger charge is -2.36. The van der Waals surface area contributed by atoms with Crippen LogP contribution in [0.2, 0.25) is 0 Å². The summed E-state index contributed by atoms with van der Waals surface area (Å²) in [4.78, 5) is 16.7. The molecule has 0 aromatic heterocycles. The monoisotopic (exact) mass is 604 g/mol. The highest BCUT2D eigenvalue weighted by molar-refractivity contribution is 9.09. The summed E-state index contributed by atoms with van der Waals surface area (Å²) in [5, 5.41) is 16.2. The van der Waals surface area contributed by atoms with Gasteiger partial charge in [0.1, 0.15) is 13.0 Å². The number of carbonyl (C=O) groups is 1. The zero-order valence-electron chi connectivity index (χ0n) is 25.6. The molecule has 1 fully saturated rings. The normalized spacial score (nSPS) is 17.5. The van der Waals surface area contributed by atoms with E-state index in [2.05, 4.69) is 73.9 Å². The number of nitrogens with two attached hydrogens (primary N) is 1. The molecule has 1 aliphatic carbocycles. The van der Waals surface area contributed by atoms with Crippen LogP contribution in [0.3, 0.4) is 0 Å². The van der Waals surface area contributed by atoms with E-state index in [0.29, 0.717) is 0 Å². The van der Waals surface area contributed by atoms with Crippen molar-refractivity contribution in [3.63, 3.8) is 0 Å². The third-order valence-corrected chi connectivity index (χ3v) is 4.91. The van der Waals surface area contributed by atoms with Gasteiger partial charge in [-0.3, -0.25) is 0 Å². The lowest BCUT2D eigenvalue weighted by atomic mass is 10.2. The molecule has 1 aliphatic heterocycles. The number of hydrogen-bond acceptors (Lipinski definition) is 8. The number of rotatable bonds is 6. The van der Waals surface area contributed by atoms with Gasteiger partial charge in [0.2, 0.25) is 0 Å². The summed E-state index contributed by atoms with van der Waals surface area (Å²) in [7, 11) is 5.20. The minimum atomic E-state index is -0.886. The lowest BCUT2D eigenvalue weighted by molar-refractivity contribution is -0.0980. The Bertz CT molecular complexity index is 661. The molecule has 38 heavy (non-hydrogen) atoms. The van der Waals surface area contributed by atoms with Crippen molar-refractivity contribution >= 4 is 28.7 Å². The molecule has 2 aliphatic rings. The fourth-order valence-corrected chi connectivity index (χ4v) is 3.18. The number of piperazine rings is 1. The van der Waals surface area contributed by atoms with Crippen LogP contribution in [0.25, 0.3) is 0 Å². The zero-order valence-corrected chi connectivity index (χ0v) is 27.2. The second kappa shape index (κ2) is 30.9. The Morgan fingerprint density at radius 1 is 1.24 bits per heavy atom. The van der Waals surface area contributed by atoms with Crippen molar-refractivity contribution < 1.29 is 14.6 Å². The molecule has 3 atom stereocenters. The third kappa shape index (κ3) is 21.8. The van der Waals surface area contributed by atoms with Gasteiger partial charge in [0.25, 0.3) is 6.02 Å². The first-order valence-electron chi connectivity index (χ1n) is 13.3. The largest absolute Gasteiger partial charge is 0.469 e. The van der Waals surface area contributed by atoms with Crippen LogP contribution in [-0.2, 0) is 9.53 Å². The average molecular weight is 606 g/mol. The van der Waals surface area contributed by atoms with Gasteiger partial charge < -0.3 is 40.8 Å². The molecule has 0 aromatic carbocycles. The van der Waals surface area contributed by atoms with Crippen LogP contribution in [-0.4, -0.2) is 92.2 Å². The van der Waals surface area contributed by atoms with Crippen molar-refractivity contribution in [2.45, 2.75) is 72.0 Å². The van der Waals surface area contributed by atoms with E-state index in [-0.39, 0.29) is 10.8 Å². The van der Waals surface area contributed by atoms with E-state index in [0.717, 1.165) is 37.6 Å². The van der Waals surface area contributed by atoms with E-state index in [1.54, 1.807) is 6.92 Å². The minimum absolute atomic E-state index is 0.0459. The molecule has 3 unspecified atom stereocenters. The van der Waals surface area contributed by atoms with Crippen LogP contribution in [0.5, 0.6) is 0 Å². The highest BCUT2D eigenvalue weighted by Crippen LogP contribution is 2.19. The van der Waals surface area contributed by atoms with Gasteiger partial charge in [-0.25, -0.2) is 4.99 Å². The number of carbonyl (C=O) groups excluding carboxylic acids is 1. The molecular formula is C28H57BrN6O3. The average Bonchev–Trinajstić information content (AvgIpc) is 3.13. The molecular weight excluding hydrogens is 548 g/mol. The molecule has 224 valence electrons. The van der Waals surface area contributed by atoms with E-state index in [4.69, 9.17) is 15.3 Å². The van der Waals surface area contributed by atoms with Crippen LogP contribution < -0.4 is 16.4 Å². The Hall–Kier alpha value is -2.30. The van der Waals surface area contributed by atoms with Gasteiger partial charge in [0.15, 0.2) is 0 Å². The Morgan fingerprint density at radius 3 is 2.13 bits per heavy atom. The number of aliphatic hydroxyl groups is 1. The smallest absolute Gasteiger partial charge is 0.282 e. The predicted molar refractivity (Wildman–Crippen MR) is 169 cm³/mol. The van der Waals surface area contributed by atoms with Crippen molar-refractivity contribution in [1.82, 2.24) is 20.4 Å². The van der Waals surface area contributed by atoms with Crippen molar-refractivity contribution in [2.75, 3.05) is 47.4 Å². The van der Waals surface area contributed by atoms with Gasteiger partial charge in [0, 0.05) is 37.6 Å². The molecule has 9 nitrogen and oxygen atoms in total. The first-order chi connectivity index (χ1) is 18.3. The molecule has 5 N–H and O–H groups in total. The maximum absolute atomic E-state index is 10.4. The minimum Gasteiger partial charge on any atom is -0.469 e. The van der Waals surface area contributed by atoms with Crippen LogP contribution >= 0.6 is 15.9 Å². The van der Waals surface area contributed by atoms with Crippen LogP contribution in [0.1, 0.15) is 54.9 Å². The number of allylic oxidation sites excluding steroid dienone is 4. The SMILES string of the molecule is C=CN1CCN(C2=CC(NC(O)C(C)N=C(N)OC)=CC(Br)C=C2)CC1.C=O.CC.CC.CCC.CNC. The van der Waals surface area contributed by atoms with Crippen molar-refractivity contribution in [1.29, 1.82) is 0 Å². The molecule has 0 aromatic rings. The van der Waals surface area contributed by atoms with Gasteiger partial charge in [0.05, 0.1) is 18.0 Å². The Morgan fingerprint density at radius 2 is 1.71 bits per heavy atom. The lowest BCUT2D eigenvalue weighted by Crippen LogP contribution is -2.43. The summed E-state index contributed by atoms with van der Waals surface area (Å²) in [6.07, 6.45) is 10.5. The van der Waals surface area contributed by atoms with Crippen molar-refractivity contribution in [3.05, 3.63) is 48.5 Å². The highest BCUT2D eigenvalue weighted by atomic mass is 79.9. The molecule has 0 amide bonds. The highest BCUT2D eigenvalue weighted by Gasteiger charge is 2.19. The maximum Gasteiger partial charge on any atom is 0.282 e. The number of amidine groups is 1. The summed E-state index contributed by atoms with van der Waals surface area (Å²) in [5.41, 5.74) is 7.49. The fraction of sp³-hybridized carbons (Fsp3) is 0.643. The number of aliphatic hydroxyl groups excluding tert-OH is 1. The zero-order chi connectivity index (χ0) is 30.5. The second-order valence-corrected chi connectivity index (χ2v) is 8.47. The fourth-order valence-electron chi connectivity index (χ4n) is 2.74.